The van der Waals surface area contributed by atoms with E-state index in [4.69, 9.17) is 12.2 Å². The van der Waals surface area contributed by atoms with Crippen LogP contribution in [0.2, 0.25) is 0 Å². The summed E-state index contributed by atoms with van der Waals surface area (Å²) in [4.78, 5) is 0. The maximum Gasteiger partial charge on any atom is 0.0235 e. The molecule has 0 spiro atoms. The average Bonchev–Trinajstić information content (AvgIpc) is 2.61. The van der Waals surface area contributed by atoms with Crippen molar-refractivity contribution in [2.45, 2.75) is 18.9 Å². The molecule has 1 nitrogen and oxygen atoms in total. The predicted molar refractivity (Wildman–Crippen MR) is 36.5 cm³/mol. The standard InChI is InChI=1S/C8H11N/c1-2-5-3-6(5)7-4-8(7)9/h1,5-8H,3-4,9H2/t5?,6-,7?,8+/m1/s1. The summed E-state index contributed by atoms with van der Waals surface area (Å²) in [5, 5.41) is 0. The molecule has 9 heavy (non-hydrogen) atoms. The molecule has 4 atom stereocenters. The summed E-state index contributed by atoms with van der Waals surface area (Å²) < 4.78 is 0. The lowest BCUT2D eigenvalue weighted by atomic mass is 10.2. The first-order chi connectivity index (χ1) is 4.33. The maximum absolute atomic E-state index is 5.66. The van der Waals surface area contributed by atoms with E-state index >= 15 is 0 Å². The normalized spacial score (nSPS) is 54.2. The second-order valence-electron chi connectivity index (χ2n) is 3.24. The zero-order valence-corrected chi connectivity index (χ0v) is 5.38. The van der Waals surface area contributed by atoms with Gasteiger partial charge in [-0.1, -0.05) is 0 Å². The van der Waals surface area contributed by atoms with Crippen LogP contribution in [-0.2, 0) is 0 Å². The molecule has 0 aromatic heterocycles. The van der Waals surface area contributed by atoms with E-state index in [1.165, 1.54) is 12.8 Å². The van der Waals surface area contributed by atoms with Gasteiger partial charge in [-0.05, 0) is 24.7 Å². The van der Waals surface area contributed by atoms with Gasteiger partial charge in [-0.15, -0.1) is 12.3 Å². The number of rotatable bonds is 1. The van der Waals surface area contributed by atoms with Gasteiger partial charge in [-0.2, -0.15) is 0 Å². The quantitative estimate of drug-likeness (QED) is 0.505. The Kier molecular flexibility index (Phi) is 0.896. The summed E-state index contributed by atoms with van der Waals surface area (Å²) in [6.07, 6.45) is 7.71. The minimum Gasteiger partial charge on any atom is -0.327 e. The highest BCUT2D eigenvalue weighted by atomic mass is 14.8. The van der Waals surface area contributed by atoms with Crippen LogP contribution in [0.4, 0.5) is 0 Å². The Bertz CT molecular complexity index is 168. The molecule has 2 aliphatic carbocycles. The highest BCUT2D eigenvalue weighted by molar-refractivity contribution is 5.14. The summed E-state index contributed by atoms with van der Waals surface area (Å²) in [5.41, 5.74) is 5.66. The van der Waals surface area contributed by atoms with Gasteiger partial charge in [0.1, 0.15) is 0 Å². The van der Waals surface area contributed by atoms with Crippen LogP contribution in [0, 0.1) is 30.1 Å². The molecule has 1 heteroatoms. The van der Waals surface area contributed by atoms with E-state index in [1.807, 2.05) is 0 Å². The first-order valence-electron chi connectivity index (χ1n) is 3.54. The lowest BCUT2D eigenvalue weighted by Gasteiger charge is -1.86. The molecule has 2 aliphatic rings. The second-order valence-corrected chi connectivity index (χ2v) is 3.24. The summed E-state index contributed by atoms with van der Waals surface area (Å²) in [7, 11) is 0. The van der Waals surface area contributed by atoms with Crippen LogP contribution in [-0.4, -0.2) is 6.04 Å². The molecule has 2 N–H and O–H groups in total. The molecular formula is C8H11N. The molecule has 0 aromatic rings. The van der Waals surface area contributed by atoms with E-state index in [1.54, 1.807) is 0 Å². The SMILES string of the molecule is C#CC1C[C@H]1C1C[C@@H]1N. The van der Waals surface area contributed by atoms with Crippen molar-refractivity contribution in [3.8, 4) is 12.3 Å². The van der Waals surface area contributed by atoms with E-state index in [9.17, 15) is 0 Å². The first-order valence-corrected chi connectivity index (χ1v) is 3.54. The Morgan fingerprint density at radius 3 is 2.33 bits per heavy atom. The van der Waals surface area contributed by atoms with Crippen molar-refractivity contribution in [1.29, 1.82) is 0 Å². The van der Waals surface area contributed by atoms with Crippen molar-refractivity contribution < 1.29 is 0 Å². The molecule has 0 saturated heterocycles. The van der Waals surface area contributed by atoms with Gasteiger partial charge in [0, 0.05) is 12.0 Å². The minimum absolute atomic E-state index is 0.494. The molecule has 0 bridgehead atoms. The van der Waals surface area contributed by atoms with Crippen molar-refractivity contribution in [3.63, 3.8) is 0 Å². The third-order valence-corrected chi connectivity index (χ3v) is 2.49. The van der Waals surface area contributed by atoms with E-state index in [-0.39, 0.29) is 0 Å². The van der Waals surface area contributed by atoms with Gasteiger partial charge < -0.3 is 5.73 Å². The molecule has 0 amide bonds. The van der Waals surface area contributed by atoms with Gasteiger partial charge in [0.2, 0.25) is 0 Å². The fourth-order valence-corrected chi connectivity index (χ4v) is 1.61. The lowest BCUT2D eigenvalue weighted by molar-refractivity contribution is 0.661. The molecule has 2 rings (SSSR count). The Hall–Kier alpha value is -0.480. The van der Waals surface area contributed by atoms with Crippen LogP contribution in [0.5, 0.6) is 0 Å². The lowest BCUT2D eigenvalue weighted by Crippen LogP contribution is -2.03. The van der Waals surface area contributed by atoms with E-state index in [0.717, 1.165) is 11.8 Å². The zero-order chi connectivity index (χ0) is 6.43. The number of nitrogens with two attached hydrogens (primary N) is 1. The highest BCUT2D eigenvalue weighted by Gasteiger charge is 2.51. The monoisotopic (exact) mass is 121 g/mol. The molecule has 2 unspecified atom stereocenters. The van der Waals surface area contributed by atoms with Gasteiger partial charge in [0.15, 0.2) is 0 Å². The van der Waals surface area contributed by atoms with Crippen LogP contribution < -0.4 is 5.73 Å². The predicted octanol–water partition coefficient (Wildman–Crippen LogP) is 0.603. The molecule has 48 valence electrons. The van der Waals surface area contributed by atoms with Crippen LogP contribution in [0.3, 0.4) is 0 Å². The van der Waals surface area contributed by atoms with Gasteiger partial charge in [-0.25, -0.2) is 0 Å². The van der Waals surface area contributed by atoms with E-state index in [0.29, 0.717) is 12.0 Å². The smallest absolute Gasteiger partial charge is 0.0235 e. The van der Waals surface area contributed by atoms with Gasteiger partial charge in [-0.3, -0.25) is 0 Å². The Morgan fingerprint density at radius 2 is 2.00 bits per heavy atom. The minimum atomic E-state index is 0.494. The van der Waals surface area contributed by atoms with Crippen molar-refractivity contribution in [1.82, 2.24) is 0 Å². The summed E-state index contributed by atoms with van der Waals surface area (Å²) in [6, 6.07) is 0.494. The maximum atomic E-state index is 5.66. The topological polar surface area (TPSA) is 26.0 Å². The second kappa shape index (κ2) is 1.52. The third-order valence-electron chi connectivity index (χ3n) is 2.49. The Balaban J connectivity index is 1.87. The average molecular weight is 121 g/mol. The summed E-state index contributed by atoms with van der Waals surface area (Å²) in [5.74, 6) is 4.97. The summed E-state index contributed by atoms with van der Waals surface area (Å²) in [6.45, 7) is 0. The Labute approximate surface area is 55.6 Å². The van der Waals surface area contributed by atoms with Crippen molar-refractivity contribution in [2.24, 2.45) is 23.5 Å². The van der Waals surface area contributed by atoms with Gasteiger partial charge in [0.05, 0.1) is 0 Å². The van der Waals surface area contributed by atoms with E-state index in [2.05, 4.69) is 5.92 Å². The molecular weight excluding hydrogens is 110 g/mol. The largest absolute Gasteiger partial charge is 0.327 e. The van der Waals surface area contributed by atoms with Crippen LogP contribution in [0.15, 0.2) is 0 Å². The first kappa shape index (κ1) is 5.32. The number of hydrogen-bond donors (Lipinski definition) is 1. The fraction of sp³-hybridized carbons (Fsp3) is 0.750. The van der Waals surface area contributed by atoms with Gasteiger partial charge in [0.25, 0.3) is 0 Å². The molecule has 0 aliphatic heterocycles. The van der Waals surface area contributed by atoms with E-state index < -0.39 is 0 Å². The van der Waals surface area contributed by atoms with Crippen molar-refractivity contribution in [3.05, 3.63) is 0 Å². The zero-order valence-electron chi connectivity index (χ0n) is 5.38. The third kappa shape index (κ3) is 0.746. The van der Waals surface area contributed by atoms with Crippen LogP contribution >= 0.6 is 0 Å². The molecule has 0 aromatic carbocycles. The molecule has 0 radical (unpaired) electrons. The molecule has 2 saturated carbocycles. The fourth-order valence-electron chi connectivity index (χ4n) is 1.61. The number of hydrogen-bond acceptors (Lipinski definition) is 1. The Morgan fingerprint density at radius 1 is 1.33 bits per heavy atom. The highest BCUT2D eigenvalue weighted by Crippen LogP contribution is 2.53. The van der Waals surface area contributed by atoms with Crippen molar-refractivity contribution in [2.75, 3.05) is 0 Å². The van der Waals surface area contributed by atoms with Crippen LogP contribution in [0.25, 0.3) is 0 Å². The van der Waals surface area contributed by atoms with Crippen LogP contribution in [0.1, 0.15) is 12.8 Å². The van der Waals surface area contributed by atoms with Crippen molar-refractivity contribution >= 4 is 0 Å². The summed E-state index contributed by atoms with van der Waals surface area (Å²) >= 11 is 0. The number of terminal acetylenes is 1. The molecule has 0 heterocycles. The van der Waals surface area contributed by atoms with Gasteiger partial charge >= 0.3 is 0 Å². The molecule has 2 fully saturated rings.